The van der Waals surface area contributed by atoms with E-state index in [4.69, 9.17) is 10.5 Å². The predicted molar refractivity (Wildman–Crippen MR) is 79.9 cm³/mol. The average Bonchev–Trinajstić information content (AvgIpc) is 2.53. The molecule has 0 saturated heterocycles. The lowest BCUT2D eigenvalue weighted by molar-refractivity contribution is 0.414. The average molecular weight is 268 g/mol. The molecule has 2 N–H and O–H groups in total. The van der Waals surface area contributed by atoms with Crippen LogP contribution < -0.4 is 10.5 Å². The van der Waals surface area contributed by atoms with Gasteiger partial charge in [0.25, 0.3) is 0 Å². The third kappa shape index (κ3) is 2.29. The second-order valence-electron chi connectivity index (χ2n) is 5.26. The summed E-state index contributed by atoms with van der Waals surface area (Å²) < 4.78 is 5.30. The monoisotopic (exact) mass is 268 g/mol. The maximum Gasteiger partial charge on any atom is 0.119 e. The normalized spacial score (nSPS) is 17.6. The third-order valence-corrected chi connectivity index (χ3v) is 4.14. The molecule has 0 bridgehead atoms. The molecule has 0 fully saturated rings. The van der Waals surface area contributed by atoms with Crippen molar-refractivity contribution in [2.24, 2.45) is 5.73 Å². The van der Waals surface area contributed by atoms with Crippen LogP contribution in [0.2, 0.25) is 0 Å². The van der Waals surface area contributed by atoms with E-state index in [2.05, 4.69) is 17.1 Å². The lowest BCUT2D eigenvalue weighted by atomic mass is 9.80. The van der Waals surface area contributed by atoms with Gasteiger partial charge in [0, 0.05) is 18.7 Å². The SMILES string of the molecule is COc1ccc(C2CCCc3cccnc32)c(CN)c1. The van der Waals surface area contributed by atoms with Gasteiger partial charge in [-0.3, -0.25) is 4.98 Å². The van der Waals surface area contributed by atoms with E-state index in [0.717, 1.165) is 24.2 Å². The highest BCUT2D eigenvalue weighted by Gasteiger charge is 2.24. The molecule has 3 heteroatoms. The Bertz CT molecular complexity index is 610. The summed E-state index contributed by atoms with van der Waals surface area (Å²) in [6.45, 7) is 0.533. The van der Waals surface area contributed by atoms with Gasteiger partial charge in [-0.15, -0.1) is 0 Å². The van der Waals surface area contributed by atoms with Crippen molar-refractivity contribution in [2.75, 3.05) is 7.11 Å². The first-order valence-corrected chi connectivity index (χ1v) is 7.14. The molecule has 3 rings (SSSR count). The van der Waals surface area contributed by atoms with Crippen LogP contribution in [0, 0.1) is 0 Å². The van der Waals surface area contributed by atoms with Gasteiger partial charge < -0.3 is 10.5 Å². The zero-order chi connectivity index (χ0) is 13.9. The number of benzene rings is 1. The number of aryl methyl sites for hydroxylation is 1. The largest absolute Gasteiger partial charge is 0.497 e. The van der Waals surface area contributed by atoms with Gasteiger partial charge in [0.05, 0.1) is 12.8 Å². The summed E-state index contributed by atoms with van der Waals surface area (Å²) in [6.07, 6.45) is 5.37. The molecule has 1 atom stereocenters. The first kappa shape index (κ1) is 13.1. The Morgan fingerprint density at radius 1 is 1.35 bits per heavy atom. The Labute approximate surface area is 119 Å². The molecule has 2 aromatic rings. The number of aromatic nitrogens is 1. The molecule has 0 saturated carbocycles. The molecule has 1 aromatic heterocycles. The van der Waals surface area contributed by atoms with Crippen molar-refractivity contribution in [3.8, 4) is 5.75 Å². The molecule has 3 nitrogen and oxygen atoms in total. The second kappa shape index (κ2) is 5.63. The van der Waals surface area contributed by atoms with E-state index in [0.29, 0.717) is 12.5 Å². The van der Waals surface area contributed by atoms with E-state index < -0.39 is 0 Å². The summed E-state index contributed by atoms with van der Waals surface area (Å²) >= 11 is 0. The lowest BCUT2D eigenvalue weighted by Gasteiger charge is -2.26. The summed E-state index contributed by atoms with van der Waals surface area (Å²) in [5, 5.41) is 0. The molecule has 1 heterocycles. The van der Waals surface area contributed by atoms with Gasteiger partial charge in [0.15, 0.2) is 0 Å². The Balaban J connectivity index is 2.06. The Morgan fingerprint density at radius 3 is 3.05 bits per heavy atom. The van der Waals surface area contributed by atoms with E-state index in [-0.39, 0.29) is 0 Å². The molecular weight excluding hydrogens is 248 g/mol. The Hall–Kier alpha value is -1.87. The second-order valence-corrected chi connectivity index (χ2v) is 5.26. The number of nitrogens with two attached hydrogens (primary N) is 1. The highest BCUT2D eigenvalue weighted by molar-refractivity contribution is 5.43. The van der Waals surface area contributed by atoms with Gasteiger partial charge in [0.2, 0.25) is 0 Å². The number of hydrogen-bond donors (Lipinski definition) is 1. The molecule has 1 unspecified atom stereocenters. The number of hydrogen-bond acceptors (Lipinski definition) is 3. The summed E-state index contributed by atoms with van der Waals surface area (Å²) in [4.78, 5) is 4.62. The Morgan fingerprint density at radius 2 is 2.25 bits per heavy atom. The number of nitrogens with zero attached hydrogens (tertiary/aromatic N) is 1. The van der Waals surface area contributed by atoms with E-state index in [1.807, 2.05) is 24.4 Å². The number of fused-ring (bicyclic) bond motifs is 1. The standard InChI is InChI=1S/C17H20N2O/c1-20-14-7-8-15(13(10-14)11-18)16-6-2-4-12-5-3-9-19-17(12)16/h3,5,7-10,16H,2,4,6,11,18H2,1H3. The number of methoxy groups -OCH3 is 1. The van der Waals surface area contributed by atoms with Gasteiger partial charge >= 0.3 is 0 Å². The number of rotatable bonds is 3. The van der Waals surface area contributed by atoms with Crippen molar-refractivity contribution in [3.05, 3.63) is 58.9 Å². The van der Waals surface area contributed by atoms with Crippen molar-refractivity contribution >= 4 is 0 Å². The molecule has 1 aromatic carbocycles. The lowest BCUT2D eigenvalue weighted by Crippen LogP contribution is -2.15. The van der Waals surface area contributed by atoms with Crippen molar-refractivity contribution in [1.29, 1.82) is 0 Å². The van der Waals surface area contributed by atoms with Crippen LogP contribution in [0.5, 0.6) is 5.75 Å². The van der Waals surface area contributed by atoms with Gasteiger partial charge in [-0.1, -0.05) is 12.1 Å². The first-order chi connectivity index (χ1) is 9.83. The topological polar surface area (TPSA) is 48.1 Å². The van der Waals surface area contributed by atoms with Crippen LogP contribution in [-0.4, -0.2) is 12.1 Å². The zero-order valence-corrected chi connectivity index (χ0v) is 11.8. The van der Waals surface area contributed by atoms with Crippen molar-refractivity contribution in [3.63, 3.8) is 0 Å². The highest BCUT2D eigenvalue weighted by Crippen LogP contribution is 2.37. The van der Waals surface area contributed by atoms with Crippen molar-refractivity contribution < 1.29 is 4.74 Å². The minimum atomic E-state index is 0.365. The van der Waals surface area contributed by atoms with E-state index >= 15 is 0 Å². The van der Waals surface area contributed by atoms with Gasteiger partial charge in [0.1, 0.15) is 5.75 Å². The van der Waals surface area contributed by atoms with E-state index in [1.54, 1.807) is 7.11 Å². The van der Waals surface area contributed by atoms with Crippen LogP contribution in [0.1, 0.15) is 41.1 Å². The van der Waals surface area contributed by atoms with Gasteiger partial charge in [-0.05, 0) is 54.2 Å². The van der Waals surface area contributed by atoms with Gasteiger partial charge in [-0.25, -0.2) is 0 Å². The Kier molecular flexibility index (Phi) is 3.70. The summed E-state index contributed by atoms with van der Waals surface area (Å²) in [7, 11) is 1.69. The van der Waals surface area contributed by atoms with Crippen LogP contribution in [0.15, 0.2) is 36.5 Å². The molecule has 0 radical (unpaired) electrons. The summed E-state index contributed by atoms with van der Waals surface area (Å²) in [5.74, 6) is 1.23. The van der Waals surface area contributed by atoms with Crippen LogP contribution >= 0.6 is 0 Å². The molecule has 20 heavy (non-hydrogen) atoms. The molecule has 0 aliphatic heterocycles. The smallest absolute Gasteiger partial charge is 0.119 e. The molecule has 0 spiro atoms. The minimum Gasteiger partial charge on any atom is -0.497 e. The van der Waals surface area contributed by atoms with E-state index in [1.165, 1.54) is 23.2 Å². The van der Waals surface area contributed by atoms with Crippen molar-refractivity contribution in [1.82, 2.24) is 4.98 Å². The molecule has 1 aliphatic carbocycles. The molecule has 0 amide bonds. The first-order valence-electron chi connectivity index (χ1n) is 7.14. The zero-order valence-electron chi connectivity index (χ0n) is 11.8. The quantitative estimate of drug-likeness (QED) is 0.931. The van der Waals surface area contributed by atoms with Crippen LogP contribution in [0.3, 0.4) is 0 Å². The maximum absolute atomic E-state index is 5.92. The number of pyridine rings is 1. The molecule has 1 aliphatic rings. The fourth-order valence-electron chi connectivity index (χ4n) is 3.14. The summed E-state index contributed by atoms with van der Waals surface area (Å²) in [6, 6.07) is 10.4. The van der Waals surface area contributed by atoms with Crippen LogP contribution in [0.25, 0.3) is 0 Å². The summed E-state index contributed by atoms with van der Waals surface area (Å²) in [5.41, 5.74) is 11.0. The number of ether oxygens (including phenoxy) is 1. The van der Waals surface area contributed by atoms with E-state index in [9.17, 15) is 0 Å². The predicted octanol–water partition coefficient (Wildman–Crippen LogP) is 3.02. The molecule has 104 valence electrons. The van der Waals surface area contributed by atoms with Gasteiger partial charge in [-0.2, -0.15) is 0 Å². The third-order valence-electron chi connectivity index (χ3n) is 4.14. The fraction of sp³-hybridized carbons (Fsp3) is 0.353. The van der Waals surface area contributed by atoms with Crippen LogP contribution in [-0.2, 0) is 13.0 Å². The fourth-order valence-corrected chi connectivity index (χ4v) is 3.14. The molecular formula is C17H20N2O. The minimum absolute atomic E-state index is 0.365. The van der Waals surface area contributed by atoms with Crippen molar-refractivity contribution in [2.45, 2.75) is 31.7 Å². The highest BCUT2D eigenvalue weighted by atomic mass is 16.5. The van der Waals surface area contributed by atoms with Crippen LogP contribution in [0.4, 0.5) is 0 Å². The maximum atomic E-state index is 5.92.